The summed E-state index contributed by atoms with van der Waals surface area (Å²) >= 11 is 0. The minimum absolute atomic E-state index is 0.00606. The van der Waals surface area contributed by atoms with Crippen LogP contribution in [0.5, 0.6) is 0 Å². The zero-order valence-corrected chi connectivity index (χ0v) is 20.2. The molecule has 0 saturated heterocycles. The quantitative estimate of drug-likeness (QED) is 0.308. The predicted molar refractivity (Wildman–Crippen MR) is 130 cm³/mol. The van der Waals surface area contributed by atoms with Gasteiger partial charge in [-0.05, 0) is 79.4 Å². The van der Waals surface area contributed by atoms with Crippen LogP contribution >= 0.6 is 0 Å². The fourth-order valence-corrected chi connectivity index (χ4v) is 5.64. The topological polar surface area (TPSA) is 65.4 Å². The summed E-state index contributed by atoms with van der Waals surface area (Å²) in [5.74, 6) is -1.47. The van der Waals surface area contributed by atoms with Crippen molar-refractivity contribution in [1.29, 1.82) is 0 Å². The molecule has 0 atom stereocenters. The van der Waals surface area contributed by atoms with Gasteiger partial charge in [0.15, 0.2) is 9.84 Å². The molecule has 0 unspecified atom stereocenters. The second-order valence-electron chi connectivity index (χ2n) is 8.33. The number of rotatable bonds is 8. The molecule has 3 aromatic carbocycles. The van der Waals surface area contributed by atoms with Crippen molar-refractivity contribution in [1.82, 2.24) is 4.57 Å². The van der Waals surface area contributed by atoms with Gasteiger partial charge in [0.25, 0.3) is 0 Å². The molecule has 0 amide bonds. The lowest BCUT2D eigenvalue weighted by Crippen LogP contribution is -2.14. The van der Waals surface area contributed by atoms with Crippen molar-refractivity contribution in [2.24, 2.45) is 0 Å². The molecule has 1 aromatic heterocycles. The molecule has 0 aliphatic carbocycles. The van der Waals surface area contributed by atoms with Crippen molar-refractivity contribution in [3.05, 3.63) is 101 Å². The number of sulfone groups is 1. The molecule has 0 radical (unpaired) electrons. The summed E-state index contributed by atoms with van der Waals surface area (Å²) in [6, 6.07) is 16.4. The molecule has 0 spiro atoms. The molecule has 4 aromatic rings. The molecule has 0 aliphatic heterocycles. The molecular formula is C27H25F2NO4S. The van der Waals surface area contributed by atoms with Gasteiger partial charge in [-0.3, -0.25) is 4.79 Å². The first-order chi connectivity index (χ1) is 16.7. The number of hydrogen-bond acceptors (Lipinski definition) is 4. The van der Waals surface area contributed by atoms with Crippen LogP contribution < -0.4 is 0 Å². The minimum atomic E-state index is -3.67. The Labute approximate surface area is 202 Å². The maximum absolute atomic E-state index is 14.1. The summed E-state index contributed by atoms with van der Waals surface area (Å²) < 4.78 is 60.2. The van der Waals surface area contributed by atoms with Gasteiger partial charge < -0.3 is 9.30 Å². The van der Waals surface area contributed by atoms with Crippen LogP contribution in [0.2, 0.25) is 0 Å². The Kier molecular flexibility index (Phi) is 7.03. The van der Waals surface area contributed by atoms with E-state index >= 15 is 0 Å². The Balaban J connectivity index is 1.68. The molecule has 0 aliphatic rings. The minimum Gasteiger partial charge on any atom is -0.465 e. The fraction of sp³-hybridized carbons (Fsp3) is 0.222. The van der Waals surface area contributed by atoms with Gasteiger partial charge in [0, 0.05) is 16.6 Å². The molecule has 8 heteroatoms. The van der Waals surface area contributed by atoms with E-state index in [0.29, 0.717) is 22.9 Å². The summed E-state index contributed by atoms with van der Waals surface area (Å²) in [4.78, 5) is 12.3. The number of carbonyl (C=O) groups is 1. The molecule has 35 heavy (non-hydrogen) atoms. The Morgan fingerprint density at radius 3 is 2.37 bits per heavy atom. The summed E-state index contributed by atoms with van der Waals surface area (Å²) in [7, 11) is -3.67. The molecule has 0 N–H and O–H groups in total. The highest BCUT2D eigenvalue weighted by atomic mass is 32.2. The van der Waals surface area contributed by atoms with Crippen LogP contribution in [0.4, 0.5) is 8.78 Å². The number of esters is 1. The van der Waals surface area contributed by atoms with Crippen molar-refractivity contribution < 1.29 is 26.7 Å². The molecule has 182 valence electrons. The Morgan fingerprint density at radius 1 is 0.943 bits per heavy atom. The second-order valence-corrected chi connectivity index (χ2v) is 10.3. The molecule has 0 saturated carbocycles. The predicted octanol–water partition coefficient (Wildman–Crippen LogP) is 5.36. The van der Waals surface area contributed by atoms with E-state index < -0.39 is 27.4 Å². The smallest absolute Gasteiger partial charge is 0.325 e. The van der Waals surface area contributed by atoms with Gasteiger partial charge in [-0.25, -0.2) is 17.2 Å². The summed E-state index contributed by atoms with van der Waals surface area (Å²) in [5.41, 5.74) is 3.50. The Morgan fingerprint density at radius 2 is 1.66 bits per heavy atom. The average molecular weight is 498 g/mol. The van der Waals surface area contributed by atoms with Gasteiger partial charge in [-0.2, -0.15) is 0 Å². The highest BCUT2D eigenvalue weighted by molar-refractivity contribution is 7.90. The van der Waals surface area contributed by atoms with Crippen LogP contribution in [0.3, 0.4) is 0 Å². The van der Waals surface area contributed by atoms with Crippen molar-refractivity contribution in [2.45, 2.75) is 37.5 Å². The molecule has 0 fully saturated rings. The van der Waals surface area contributed by atoms with E-state index in [1.54, 1.807) is 29.7 Å². The number of halogens is 2. The Hall–Kier alpha value is -3.52. The van der Waals surface area contributed by atoms with E-state index in [0.717, 1.165) is 16.8 Å². The van der Waals surface area contributed by atoms with Crippen LogP contribution in [0.15, 0.2) is 71.6 Å². The zero-order valence-electron chi connectivity index (χ0n) is 19.4. The first kappa shape index (κ1) is 24.6. The van der Waals surface area contributed by atoms with Crippen LogP contribution in [0.1, 0.15) is 29.3 Å². The molecular weight excluding hydrogens is 472 g/mol. The van der Waals surface area contributed by atoms with Gasteiger partial charge in [0.05, 0.1) is 17.3 Å². The lowest BCUT2D eigenvalue weighted by molar-refractivity contribution is -0.143. The highest BCUT2D eigenvalue weighted by Gasteiger charge is 2.20. The number of aromatic nitrogens is 1. The van der Waals surface area contributed by atoms with E-state index in [-0.39, 0.29) is 23.8 Å². The summed E-state index contributed by atoms with van der Waals surface area (Å²) in [6.45, 7) is 3.84. The van der Waals surface area contributed by atoms with Gasteiger partial charge >= 0.3 is 5.97 Å². The van der Waals surface area contributed by atoms with E-state index in [9.17, 15) is 22.0 Å². The number of ether oxygens (including phenoxy) is 1. The largest absolute Gasteiger partial charge is 0.465 e. The van der Waals surface area contributed by atoms with E-state index in [4.69, 9.17) is 4.74 Å². The van der Waals surface area contributed by atoms with Gasteiger partial charge in [0.2, 0.25) is 0 Å². The zero-order chi connectivity index (χ0) is 25.2. The standard InChI is InChI=1S/C27H25F2NO4S/c1-3-34-27(31)16-30-18(2)24(25-15-22(29)11-12-26(25)30)14-20-5-4-6-23(13-20)35(32,33)17-19-7-9-21(28)10-8-19/h4-13,15H,3,14,16-17H2,1-2H3. The number of carbonyl (C=O) groups excluding carboxylic acids is 1. The lowest BCUT2D eigenvalue weighted by Gasteiger charge is -2.09. The molecule has 4 rings (SSSR count). The SMILES string of the molecule is CCOC(=O)Cn1c(C)c(Cc2cccc(S(=O)(=O)Cc3ccc(F)cc3)c2)c2cc(F)ccc21. The number of benzene rings is 3. The van der Waals surface area contributed by atoms with Gasteiger partial charge in [0.1, 0.15) is 18.2 Å². The van der Waals surface area contributed by atoms with Crippen molar-refractivity contribution in [3.63, 3.8) is 0 Å². The number of nitrogens with zero attached hydrogens (tertiary/aromatic N) is 1. The average Bonchev–Trinajstić information content (AvgIpc) is 3.06. The molecule has 5 nitrogen and oxygen atoms in total. The number of fused-ring (bicyclic) bond motifs is 1. The van der Waals surface area contributed by atoms with Gasteiger partial charge in [-0.1, -0.05) is 24.3 Å². The van der Waals surface area contributed by atoms with Gasteiger partial charge in [-0.15, -0.1) is 0 Å². The van der Waals surface area contributed by atoms with Crippen molar-refractivity contribution in [3.8, 4) is 0 Å². The highest BCUT2D eigenvalue weighted by Crippen LogP contribution is 2.30. The van der Waals surface area contributed by atoms with Crippen molar-refractivity contribution >= 4 is 26.7 Å². The van der Waals surface area contributed by atoms with Crippen LogP contribution in [0.25, 0.3) is 10.9 Å². The first-order valence-electron chi connectivity index (χ1n) is 11.2. The molecule has 0 bridgehead atoms. The first-order valence-corrected chi connectivity index (χ1v) is 12.8. The van der Waals surface area contributed by atoms with Crippen LogP contribution in [0, 0.1) is 18.6 Å². The lowest BCUT2D eigenvalue weighted by atomic mass is 10.0. The fourth-order valence-electron chi connectivity index (χ4n) is 4.22. The van der Waals surface area contributed by atoms with Crippen molar-refractivity contribution in [2.75, 3.05) is 6.61 Å². The van der Waals surface area contributed by atoms with E-state index in [1.165, 1.54) is 42.5 Å². The summed E-state index contributed by atoms with van der Waals surface area (Å²) in [5, 5.41) is 0.659. The van der Waals surface area contributed by atoms with Crippen LogP contribution in [-0.4, -0.2) is 25.6 Å². The van der Waals surface area contributed by atoms with Crippen LogP contribution in [-0.2, 0) is 38.1 Å². The maximum atomic E-state index is 14.1. The Bertz CT molecular complexity index is 1490. The third-order valence-corrected chi connectivity index (χ3v) is 7.60. The molecule has 1 heterocycles. The number of hydrogen-bond donors (Lipinski definition) is 0. The third kappa shape index (κ3) is 5.43. The summed E-state index contributed by atoms with van der Waals surface area (Å²) in [6.07, 6.45) is 0.349. The van der Waals surface area contributed by atoms with E-state index in [1.807, 2.05) is 13.0 Å². The monoisotopic (exact) mass is 497 g/mol. The second kappa shape index (κ2) is 10.00. The third-order valence-electron chi connectivity index (χ3n) is 5.92. The van der Waals surface area contributed by atoms with E-state index in [2.05, 4.69) is 0 Å². The normalized spacial score (nSPS) is 11.7. The maximum Gasteiger partial charge on any atom is 0.325 e.